The van der Waals surface area contributed by atoms with Gasteiger partial charge in [0.25, 0.3) is 0 Å². The summed E-state index contributed by atoms with van der Waals surface area (Å²) in [5, 5.41) is 20.1. The van der Waals surface area contributed by atoms with E-state index in [1.165, 1.54) is 13.3 Å². The van der Waals surface area contributed by atoms with Crippen LogP contribution in [0.15, 0.2) is 12.5 Å². The van der Waals surface area contributed by atoms with E-state index < -0.39 is 35.9 Å². The summed E-state index contributed by atoms with van der Waals surface area (Å²) in [5.74, 6) is -2.61. The third kappa shape index (κ3) is 7.93. The summed E-state index contributed by atoms with van der Waals surface area (Å²) >= 11 is 0. The van der Waals surface area contributed by atoms with Gasteiger partial charge >= 0.3 is 5.97 Å². The van der Waals surface area contributed by atoms with Gasteiger partial charge in [-0.25, -0.2) is 9.78 Å². The molecule has 0 spiro atoms. The quantitative estimate of drug-likeness (QED) is 0.174. The van der Waals surface area contributed by atoms with Crippen molar-refractivity contribution in [1.29, 1.82) is 0 Å². The van der Waals surface area contributed by atoms with Crippen LogP contribution < -0.4 is 27.0 Å². The second-order valence-corrected chi connectivity index (χ2v) is 7.91. The van der Waals surface area contributed by atoms with Crippen molar-refractivity contribution < 1.29 is 24.3 Å². The SMILES string of the molecule is CC(NC(=O)C(Cc1cnc[nH]1)NC(=O)C1CCCN1)C(=O)NC(CCCCN)C(=O)O. The Morgan fingerprint density at radius 2 is 1.97 bits per heavy atom. The third-order valence-electron chi connectivity index (χ3n) is 5.30. The van der Waals surface area contributed by atoms with Gasteiger partial charge in [-0.3, -0.25) is 14.4 Å². The number of carboxylic acid groups (broad SMARTS) is 1. The number of carbonyl (C=O) groups is 4. The average molecular weight is 452 g/mol. The Morgan fingerprint density at radius 3 is 2.56 bits per heavy atom. The minimum atomic E-state index is -1.15. The second-order valence-electron chi connectivity index (χ2n) is 7.91. The zero-order chi connectivity index (χ0) is 23.5. The van der Waals surface area contributed by atoms with Crippen molar-refractivity contribution in [3.63, 3.8) is 0 Å². The van der Waals surface area contributed by atoms with Crippen molar-refractivity contribution in [2.24, 2.45) is 5.73 Å². The van der Waals surface area contributed by atoms with E-state index in [0.29, 0.717) is 31.5 Å². The molecule has 32 heavy (non-hydrogen) atoms. The van der Waals surface area contributed by atoms with Crippen LogP contribution in [0, 0.1) is 0 Å². The molecule has 1 aromatic heterocycles. The minimum absolute atomic E-state index is 0.162. The summed E-state index contributed by atoms with van der Waals surface area (Å²) in [4.78, 5) is 56.1. The zero-order valence-corrected chi connectivity index (χ0v) is 18.2. The Morgan fingerprint density at radius 1 is 1.19 bits per heavy atom. The molecule has 178 valence electrons. The van der Waals surface area contributed by atoms with Gasteiger partial charge in [0.1, 0.15) is 18.1 Å². The molecule has 1 aromatic rings. The lowest BCUT2D eigenvalue weighted by Crippen LogP contribution is -2.56. The number of nitrogens with zero attached hydrogens (tertiary/aromatic N) is 1. The lowest BCUT2D eigenvalue weighted by atomic mass is 10.1. The van der Waals surface area contributed by atoms with Crippen LogP contribution in [0.4, 0.5) is 0 Å². The van der Waals surface area contributed by atoms with Gasteiger partial charge in [0, 0.05) is 18.3 Å². The fourth-order valence-corrected chi connectivity index (χ4v) is 3.43. The van der Waals surface area contributed by atoms with Gasteiger partial charge in [0.05, 0.1) is 12.4 Å². The molecule has 0 saturated carbocycles. The Hall–Kier alpha value is -2.99. The first kappa shape index (κ1) is 25.3. The highest BCUT2D eigenvalue weighted by molar-refractivity contribution is 5.94. The molecule has 1 aliphatic rings. The van der Waals surface area contributed by atoms with Crippen LogP contribution in [0.3, 0.4) is 0 Å². The number of hydrogen-bond acceptors (Lipinski definition) is 7. The summed E-state index contributed by atoms with van der Waals surface area (Å²) in [6.07, 6.45) is 6.19. The maximum absolute atomic E-state index is 12.9. The van der Waals surface area contributed by atoms with Crippen molar-refractivity contribution in [1.82, 2.24) is 31.2 Å². The van der Waals surface area contributed by atoms with Crippen molar-refractivity contribution in [3.05, 3.63) is 18.2 Å². The number of amides is 3. The Labute approximate surface area is 186 Å². The highest BCUT2D eigenvalue weighted by Gasteiger charge is 2.30. The van der Waals surface area contributed by atoms with Gasteiger partial charge in [-0.2, -0.15) is 0 Å². The zero-order valence-electron chi connectivity index (χ0n) is 18.2. The fraction of sp³-hybridized carbons (Fsp3) is 0.650. The molecular formula is C20H33N7O5. The molecule has 0 radical (unpaired) electrons. The van der Waals surface area contributed by atoms with E-state index in [1.807, 2.05) is 0 Å². The predicted molar refractivity (Wildman–Crippen MR) is 115 cm³/mol. The highest BCUT2D eigenvalue weighted by atomic mass is 16.4. The molecule has 0 aliphatic carbocycles. The number of H-pyrrole nitrogens is 1. The lowest BCUT2D eigenvalue weighted by Gasteiger charge is -2.23. The Bertz CT molecular complexity index is 764. The first-order valence-corrected chi connectivity index (χ1v) is 10.9. The molecule has 0 aromatic carbocycles. The summed E-state index contributed by atoms with van der Waals surface area (Å²) in [6, 6.07) is -3.36. The van der Waals surface area contributed by atoms with Gasteiger partial charge < -0.3 is 37.1 Å². The van der Waals surface area contributed by atoms with Gasteiger partial charge in [-0.05, 0) is 52.1 Å². The number of unbranched alkanes of at least 4 members (excludes halogenated alkanes) is 1. The summed E-state index contributed by atoms with van der Waals surface area (Å²) in [6.45, 7) is 2.63. The smallest absolute Gasteiger partial charge is 0.326 e. The molecule has 8 N–H and O–H groups in total. The topological polar surface area (TPSA) is 191 Å². The number of carboxylic acids is 1. The van der Waals surface area contributed by atoms with Crippen molar-refractivity contribution in [2.75, 3.05) is 13.1 Å². The molecule has 12 nitrogen and oxygen atoms in total. The summed E-state index contributed by atoms with van der Waals surface area (Å²) in [7, 11) is 0. The van der Waals surface area contributed by atoms with Crippen LogP contribution in [0.5, 0.6) is 0 Å². The first-order chi connectivity index (χ1) is 15.3. The molecule has 3 amide bonds. The van der Waals surface area contributed by atoms with E-state index in [9.17, 15) is 24.3 Å². The number of nitrogens with one attached hydrogen (secondary N) is 5. The normalized spacial score (nSPS) is 18.4. The van der Waals surface area contributed by atoms with E-state index in [4.69, 9.17) is 5.73 Å². The van der Waals surface area contributed by atoms with Gasteiger partial charge in [0.15, 0.2) is 0 Å². The van der Waals surface area contributed by atoms with Crippen LogP contribution in [-0.2, 0) is 25.6 Å². The van der Waals surface area contributed by atoms with Gasteiger partial charge in [-0.1, -0.05) is 0 Å². The number of nitrogens with two attached hydrogens (primary N) is 1. The van der Waals surface area contributed by atoms with Crippen molar-refractivity contribution in [3.8, 4) is 0 Å². The van der Waals surface area contributed by atoms with Crippen molar-refractivity contribution in [2.45, 2.75) is 69.6 Å². The molecule has 1 saturated heterocycles. The molecule has 2 heterocycles. The minimum Gasteiger partial charge on any atom is -0.480 e. The summed E-state index contributed by atoms with van der Waals surface area (Å²) < 4.78 is 0. The van der Waals surface area contributed by atoms with E-state index in [0.717, 1.165) is 13.0 Å². The largest absolute Gasteiger partial charge is 0.480 e. The van der Waals surface area contributed by atoms with E-state index in [-0.39, 0.29) is 24.8 Å². The lowest BCUT2D eigenvalue weighted by molar-refractivity contribution is -0.142. The number of aromatic amines is 1. The standard InChI is InChI=1S/C20H33N7O5/c1-12(17(28)26-15(20(31)32)5-2-3-7-21)25-19(30)16(9-13-10-22-11-24-13)27-18(29)14-6-4-8-23-14/h10-12,14-16,23H,2-9,21H2,1H3,(H,22,24)(H,25,30)(H,26,28)(H,27,29)(H,31,32). The number of hydrogen-bond donors (Lipinski definition) is 7. The molecule has 1 fully saturated rings. The van der Waals surface area contributed by atoms with Crippen LogP contribution in [0.1, 0.15) is 44.7 Å². The molecule has 2 rings (SSSR count). The number of rotatable bonds is 13. The number of aromatic nitrogens is 2. The highest BCUT2D eigenvalue weighted by Crippen LogP contribution is 2.07. The Kier molecular flexibility index (Phi) is 10.1. The molecule has 4 atom stereocenters. The van der Waals surface area contributed by atoms with Gasteiger partial charge in [0.2, 0.25) is 17.7 Å². The molecule has 4 unspecified atom stereocenters. The van der Waals surface area contributed by atoms with Crippen LogP contribution in [-0.4, -0.2) is 76.0 Å². The second kappa shape index (κ2) is 12.8. The fourth-order valence-electron chi connectivity index (χ4n) is 3.43. The van der Waals surface area contributed by atoms with Crippen LogP contribution >= 0.6 is 0 Å². The number of imidazole rings is 1. The van der Waals surface area contributed by atoms with E-state index >= 15 is 0 Å². The maximum atomic E-state index is 12.9. The molecule has 1 aliphatic heterocycles. The number of carbonyl (C=O) groups excluding carboxylic acids is 3. The molecule has 12 heteroatoms. The average Bonchev–Trinajstić information content (AvgIpc) is 3.46. The summed E-state index contributed by atoms with van der Waals surface area (Å²) in [5.41, 5.74) is 6.07. The Balaban J connectivity index is 1.97. The number of aliphatic carboxylic acids is 1. The van der Waals surface area contributed by atoms with Crippen LogP contribution in [0.25, 0.3) is 0 Å². The predicted octanol–water partition coefficient (Wildman–Crippen LogP) is -1.61. The maximum Gasteiger partial charge on any atom is 0.326 e. The third-order valence-corrected chi connectivity index (χ3v) is 5.30. The van der Waals surface area contributed by atoms with Gasteiger partial charge in [-0.15, -0.1) is 0 Å². The first-order valence-electron chi connectivity index (χ1n) is 10.9. The molecular weight excluding hydrogens is 418 g/mol. The van der Waals surface area contributed by atoms with E-state index in [2.05, 4.69) is 31.2 Å². The molecule has 0 bridgehead atoms. The van der Waals surface area contributed by atoms with E-state index in [1.54, 1.807) is 6.20 Å². The van der Waals surface area contributed by atoms with Crippen LogP contribution in [0.2, 0.25) is 0 Å². The van der Waals surface area contributed by atoms with Crippen molar-refractivity contribution >= 4 is 23.7 Å². The monoisotopic (exact) mass is 451 g/mol.